The van der Waals surface area contributed by atoms with Crippen LogP contribution in [0.3, 0.4) is 0 Å². The summed E-state index contributed by atoms with van der Waals surface area (Å²) in [7, 11) is -26.9. The van der Waals surface area contributed by atoms with Crippen LogP contribution in [0.2, 0.25) is 0 Å². The predicted molar refractivity (Wildman–Crippen MR) is 48.9 cm³/mol. The Morgan fingerprint density at radius 2 is 0.258 bits per heavy atom. The van der Waals surface area contributed by atoms with E-state index in [2.05, 4.69) is 0 Å². The van der Waals surface area contributed by atoms with Crippen LogP contribution in [0.1, 0.15) is 0 Å². The molecular weight excluding hydrogens is 676 g/mol. The summed E-state index contributed by atoms with van der Waals surface area (Å²) < 4.78 is 42.7. The Morgan fingerprint density at radius 1 is 0.258 bits per heavy atom. The molecule has 0 aromatic rings. The van der Waals surface area contributed by atoms with Crippen LogP contribution in [-0.4, -0.2) is 16.4 Å². The fraction of sp³-hybridized carbons (Fsp3) is 0. The van der Waals surface area contributed by atoms with Gasteiger partial charge in [-0.1, -0.05) is 0 Å². The molecule has 0 saturated carbocycles. The zero-order valence-corrected chi connectivity index (χ0v) is 21.9. The summed E-state index contributed by atoms with van der Waals surface area (Å²) in [5.74, 6) is 0. The maximum Gasteiger partial charge on any atom is 5.00 e. The van der Waals surface area contributed by atoms with Gasteiger partial charge in [0.2, 0.25) is 0 Å². The van der Waals surface area contributed by atoms with E-state index in [9.17, 15) is 0 Å². The van der Waals surface area contributed by atoms with Crippen LogP contribution in [0.5, 0.6) is 0 Å². The van der Waals surface area contributed by atoms with Gasteiger partial charge in [0.25, 0.3) is 0 Å². The molecule has 0 fully saturated rings. The molecule has 0 heterocycles. The quantitative estimate of drug-likeness (QED) is 0.214. The minimum absolute atomic E-state index is 0. The molecule has 0 rings (SSSR count). The van der Waals surface area contributed by atoms with Crippen molar-refractivity contribution in [3.8, 4) is 0 Å². The first-order chi connectivity index (χ1) is 10.0. The number of rotatable bonds is 0. The van der Waals surface area contributed by atoms with Crippen molar-refractivity contribution in [3.63, 3.8) is 0 Å². The Hall–Kier alpha value is 2.18. The standard InChI is InChI=1S/5H3O4P.3H2O.3V/c5*1-5(2,3)4;;;;;;/h5*(H3,1,2,3,4);3*1H2;;;/q;;;;;;;;3*+5/p-15. The van der Waals surface area contributed by atoms with Crippen molar-refractivity contribution in [2.24, 2.45) is 0 Å². The molecule has 0 aromatic carbocycles. The summed E-state index contributed by atoms with van der Waals surface area (Å²) in [6, 6.07) is 0. The first-order valence-corrected chi connectivity index (χ1v) is 11.0. The van der Waals surface area contributed by atoms with E-state index in [4.69, 9.17) is 96.2 Å². The van der Waals surface area contributed by atoms with E-state index in [1.54, 1.807) is 0 Å². The molecule has 31 heteroatoms. The Bertz CT molecular complexity index is 380. The van der Waals surface area contributed by atoms with Crippen LogP contribution < -0.4 is 73.4 Å². The second-order valence-corrected chi connectivity index (χ2v) is 6.71. The fourth-order valence-electron chi connectivity index (χ4n) is 0. The molecule has 0 aromatic heterocycles. The Kier molecular flexibility index (Phi) is 68.1. The molecule has 0 aliphatic rings. The normalized spacial score (nSPS) is 9.52. The average molecular weight is 682 g/mol. The molecule has 0 aliphatic heterocycles. The zero-order valence-electron chi connectivity index (χ0n) is 13.2. The third kappa shape index (κ3) is 6150. The van der Waals surface area contributed by atoms with E-state index in [1.165, 1.54) is 0 Å². The van der Waals surface area contributed by atoms with Crippen molar-refractivity contribution in [2.75, 3.05) is 0 Å². The molecule has 0 atom stereocenters. The molecule has 0 spiro atoms. The van der Waals surface area contributed by atoms with E-state index in [1.807, 2.05) is 0 Å². The third-order valence-electron chi connectivity index (χ3n) is 0. The largest absolute Gasteiger partial charge is 5.00 e. The van der Waals surface area contributed by atoms with Crippen molar-refractivity contribution in [3.05, 3.63) is 0 Å². The third-order valence-corrected chi connectivity index (χ3v) is 0. The molecule has 31 heavy (non-hydrogen) atoms. The molecule has 0 unspecified atom stereocenters. The summed E-state index contributed by atoms with van der Waals surface area (Å²) in [5.41, 5.74) is 0. The van der Waals surface area contributed by atoms with E-state index in [0.717, 1.165) is 0 Å². The first-order valence-electron chi connectivity index (χ1n) is 3.65. The molecule has 6 N–H and O–H groups in total. The Balaban J connectivity index is -0.0000000171. The minimum Gasteiger partial charge on any atom is -0.822 e. The molecule has 0 aliphatic carbocycles. The Morgan fingerprint density at radius 3 is 0.258 bits per heavy atom. The first kappa shape index (κ1) is 69.8. The van der Waals surface area contributed by atoms with Crippen molar-refractivity contribution >= 4 is 39.1 Å². The van der Waals surface area contributed by atoms with Crippen LogP contribution in [0.25, 0.3) is 0 Å². The number of hydrogen-bond acceptors (Lipinski definition) is 20. The summed E-state index contributed by atoms with van der Waals surface area (Å²) in [6.07, 6.45) is 0. The van der Waals surface area contributed by atoms with Crippen molar-refractivity contribution in [1.29, 1.82) is 0 Å². The van der Waals surface area contributed by atoms with Gasteiger partial charge in [0.1, 0.15) is 0 Å². The second kappa shape index (κ2) is 30.2. The smallest absolute Gasteiger partial charge is 0.822 e. The van der Waals surface area contributed by atoms with Crippen molar-refractivity contribution in [1.82, 2.24) is 0 Å². The van der Waals surface area contributed by atoms with E-state index < -0.39 is 39.1 Å². The Labute approximate surface area is 207 Å². The van der Waals surface area contributed by atoms with Gasteiger partial charge in [-0.3, -0.25) is 0 Å². The maximum absolute atomic E-state index is 8.55. The van der Waals surface area contributed by atoms with E-state index >= 15 is 0 Å². The van der Waals surface area contributed by atoms with Crippen LogP contribution in [0.15, 0.2) is 0 Å². The number of hydrogen-bond donors (Lipinski definition) is 0. The molecule has 0 amide bonds. The van der Waals surface area contributed by atoms with Gasteiger partial charge in [0, 0.05) is 0 Å². The summed E-state index contributed by atoms with van der Waals surface area (Å²) >= 11 is 0. The van der Waals surface area contributed by atoms with E-state index in [0.29, 0.717) is 0 Å². The molecule has 0 saturated heterocycles. The molecule has 0 radical (unpaired) electrons. The SMILES string of the molecule is O.O.O.O=P([O-])([O-])[O-].O=P([O-])([O-])[O-].O=P([O-])([O-])[O-].O=P([O-])([O-])[O-].O=P([O-])([O-])[O-].[V+5].[V+5].[V+5]. The molecular formula is H6O23P5V3. The van der Waals surface area contributed by atoms with Gasteiger partial charge >= 0.3 is 55.7 Å². The second-order valence-electron chi connectivity index (χ2n) is 2.24. The van der Waals surface area contributed by atoms with Gasteiger partial charge in [-0.05, 0) is 0 Å². The van der Waals surface area contributed by atoms with Gasteiger partial charge in [-0.15, -0.1) is 0 Å². The van der Waals surface area contributed by atoms with Gasteiger partial charge in [0.15, 0.2) is 0 Å². The van der Waals surface area contributed by atoms with Gasteiger partial charge < -0.3 is 113 Å². The summed E-state index contributed by atoms with van der Waals surface area (Å²) in [6.45, 7) is 0. The molecule has 23 nitrogen and oxygen atoms in total. The van der Waals surface area contributed by atoms with Gasteiger partial charge in [-0.2, -0.15) is 39.1 Å². The average Bonchev–Trinajstić information content (AvgIpc) is 1.79. The zero-order chi connectivity index (χ0) is 22.5. The summed E-state index contributed by atoms with van der Waals surface area (Å²) in [4.78, 5) is 128. The van der Waals surface area contributed by atoms with Crippen LogP contribution >= 0.6 is 39.1 Å². The van der Waals surface area contributed by atoms with Crippen LogP contribution in [0, 0.1) is 0 Å². The maximum atomic E-state index is 8.55. The van der Waals surface area contributed by atoms with Crippen LogP contribution in [0.4, 0.5) is 0 Å². The number of phosphoric acid groups is 5. The van der Waals surface area contributed by atoms with Gasteiger partial charge in [0.05, 0.1) is 0 Å². The monoisotopic (exact) mass is 682 g/mol. The summed E-state index contributed by atoms with van der Waals surface area (Å²) in [5, 5.41) is 0. The van der Waals surface area contributed by atoms with Crippen molar-refractivity contribution in [2.45, 2.75) is 0 Å². The van der Waals surface area contributed by atoms with Crippen LogP contribution in [-0.2, 0) is 78.5 Å². The van der Waals surface area contributed by atoms with Crippen molar-refractivity contribution < 1.29 is 168 Å². The fourth-order valence-corrected chi connectivity index (χ4v) is 0. The molecule has 184 valence electrons. The van der Waals surface area contributed by atoms with E-state index in [-0.39, 0.29) is 72.1 Å². The molecule has 0 bridgehead atoms. The predicted octanol–water partition coefficient (Wildman–Crippen LogP) is -16.6. The van der Waals surface area contributed by atoms with Gasteiger partial charge in [-0.25, -0.2) is 0 Å². The topological polar surface area (TPSA) is 526 Å². The minimum atomic E-state index is -5.39.